The quantitative estimate of drug-likeness (QED) is 0.711. The maximum Gasteiger partial charge on any atom is 0.337 e. The highest BCUT2D eigenvalue weighted by Crippen LogP contribution is 2.21. The Bertz CT molecular complexity index is 860. The van der Waals surface area contributed by atoms with Crippen molar-refractivity contribution in [2.75, 3.05) is 51.4 Å². The van der Waals surface area contributed by atoms with Crippen LogP contribution in [0.15, 0.2) is 54.6 Å². The van der Waals surface area contributed by atoms with Crippen LogP contribution in [-0.2, 0) is 16.0 Å². The van der Waals surface area contributed by atoms with Crippen molar-refractivity contribution in [1.29, 1.82) is 0 Å². The van der Waals surface area contributed by atoms with E-state index < -0.39 is 0 Å². The third-order valence-corrected chi connectivity index (χ3v) is 5.74. The van der Waals surface area contributed by atoms with Crippen molar-refractivity contribution in [2.24, 2.45) is 0 Å². The average molecular weight is 409 g/mol. The van der Waals surface area contributed by atoms with E-state index in [1.165, 1.54) is 7.11 Å². The lowest BCUT2D eigenvalue weighted by molar-refractivity contribution is -0.0738. The molecule has 0 N–H and O–H groups in total. The molecular formula is C23H27N3O4. The summed E-state index contributed by atoms with van der Waals surface area (Å²) in [7, 11) is 1.36. The number of nitrogens with zero attached hydrogens (tertiary/aromatic N) is 3. The zero-order chi connectivity index (χ0) is 20.9. The van der Waals surface area contributed by atoms with Crippen LogP contribution in [-0.4, -0.2) is 74.3 Å². The van der Waals surface area contributed by atoms with E-state index in [4.69, 9.17) is 9.47 Å². The minimum Gasteiger partial charge on any atom is -0.465 e. The second kappa shape index (κ2) is 9.28. The first-order valence-corrected chi connectivity index (χ1v) is 10.3. The van der Waals surface area contributed by atoms with Gasteiger partial charge in [-0.3, -0.25) is 9.80 Å². The van der Waals surface area contributed by atoms with Crippen molar-refractivity contribution < 1.29 is 19.1 Å². The summed E-state index contributed by atoms with van der Waals surface area (Å²) in [6.45, 7) is 5.19. The first kappa shape index (κ1) is 20.4. The molecule has 7 nitrogen and oxygen atoms in total. The first-order chi connectivity index (χ1) is 14.7. The number of rotatable bonds is 5. The van der Waals surface area contributed by atoms with Gasteiger partial charge in [0.05, 0.1) is 38.5 Å². The van der Waals surface area contributed by atoms with E-state index in [1.807, 2.05) is 47.4 Å². The Morgan fingerprint density at radius 2 is 1.67 bits per heavy atom. The topological polar surface area (TPSA) is 62.3 Å². The van der Waals surface area contributed by atoms with E-state index in [0.717, 1.165) is 37.6 Å². The monoisotopic (exact) mass is 409 g/mol. The summed E-state index contributed by atoms with van der Waals surface area (Å²) in [6.07, 6.45) is 0. The highest BCUT2D eigenvalue weighted by Gasteiger charge is 2.32. The summed E-state index contributed by atoms with van der Waals surface area (Å²) in [6, 6.07) is 17.4. The van der Waals surface area contributed by atoms with Crippen molar-refractivity contribution in [2.45, 2.75) is 12.6 Å². The molecule has 2 amide bonds. The van der Waals surface area contributed by atoms with Crippen LogP contribution in [0.1, 0.15) is 15.9 Å². The SMILES string of the molecule is COC(=O)c1ccc(CN(C(=O)N2CCN(C3COC3)CC2)c2ccccc2)cc1. The Labute approximate surface area is 176 Å². The molecular weight excluding hydrogens is 382 g/mol. The summed E-state index contributed by atoms with van der Waals surface area (Å²) >= 11 is 0. The number of esters is 1. The minimum atomic E-state index is -0.368. The number of urea groups is 1. The third kappa shape index (κ3) is 4.47. The van der Waals surface area contributed by atoms with Crippen LogP contribution in [0.5, 0.6) is 0 Å². The second-order valence-corrected chi connectivity index (χ2v) is 7.61. The maximum absolute atomic E-state index is 13.4. The molecule has 0 saturated carbocycles. The van der Waals surface area contributed by atoms with Crippen molar-refractivity contribution in [1.82, 2.24) is 9.80 Å². The number of piperazine rings is 1. The summed E-state index contributed by atoms with van der Waals surface area (Å²) in [5.74, 6) is -0.368. The molecule has 0 unspecified atom stereocenters. The van der Waals surface area contributed by atoms with Crippen LogP contribution in [0.2, 0.25) is 0 Å². The van der Waals surface area contributed by atoms with Gasteiger partial charge < -0.3 is 14.4 Å². The molecule has 158 valence electrons. The number of benzene rings is 2. The Morgan fingerprint density at radius 1 is 1.00 bits per heavy atom. The van der Waals surface area contributed by atoms with E-state index in [-0.39, 0.29) is 12.0 Å². The molecule has 2 aromatic rings. The van der Waals surface area contributed by atoms with Crippen molar-refractivity contribution in [3.63, 3.8) is 0 Å². The van der Waals surface area contributed by atoms with Gasteiger partial charge in [-0.15, -0.1) is 0 Å². The van der Waals surface area contributed by atoms with Crippen LogP contribution >= 0.6 is 0 Å². The summed E-state index contributed by atoms with van der Waals surface area (Å²) < 4.78 is 10.1. The van der Waals surface area contributed by atoms with Gasteiger partial charge in [0.25, 0.3) is 0 Å². The lowest BCUT2D eigenvalue weighted by atomic mass is 10.1. The number of hydrogen-bond donors (Lipinski definition) is 0. The van der Waals surface area contributed by atoms with Gasteiger partial charge >= 0.3 is 12.0 Å². The molecule has 2 heterocycles. The molecule has 0 spiro atoms. The number of para-hydroxylation sites is 1. The van der Waals surface area contributed by atoms with E-state index in [2.05, 4.69) is 4.90 Å². The Balaban J connectivity index is 1.47. The van der Waals surface area contributed by atoms with Crippen LogP contribution in [0.4, 0.5) is 10.5 Å². The maximum atomic E-state index is 13.4. The van der Waals surface area contributed by atoms with Gasteiger partial charge in [-0.25, -0.2) is 9.59 Å². The van der Waals surface area contributed by atoms with Gasteiger partial charge in [0, 0.05) is 31.9 Å². The van der Waals surface area contributed by atoms with E-state index in [1.54, 1.807) is 17.0 Å². The van der Waals surface area contributed by atoms with Crippen LogP contribution in [0, 0.1) is 0 Å². The summed E-state index contributed by atoms with van der Waals surface area (Å²) in [5, 5.41) is 0. The van der Waals surface area contributed by atoms with Gasteiger partial charge in [0.15, 0.2) is 0 Å². The molecule has 0 atom stereocenters. The number of ether oxygens (including phenoxy) is 2. The predicted molar refractivity (Wildman–Crippen MR) is 114 cm³/mol. The Hall–Kier alpha value is -2.90. The molecule has 7 heteroatoms. The zero-order valence-electron chi connectivity index (χ0n) is 17.2. The Kier molecular flexibility index (Phi) is 6.30. The molecule has 0 bridgehead atoms. The largest absolute Gasteiger partial charge is 0.465 e. The fraction of sp³-hybridized carbons (Fsp3) is 0.391. The van der Waals surface area contributed by atoms with Crippen LogP contribution in [0.3, 0.4) is 0 Å². The van der Waals surface area contributed by atoms with Crippen molar-refractivity contribution in [3.05, 3.63) is 65.7 Å². The molecule has 30 heavy (non-hydrogen) atoms. The van der Waals surface area contributed by atoms with Crippen LogP contribution in [0.25, 0.3) is 0 Å². The molecule has 0 aromatic heterocycles. The van der Waals surface area contributed by atoms with Gasteiger partial charge in [-0.2, -0.15) is 0 Å². The number of methoxy groups -OCH3 is 1. The highest BCUT2D eigenvalue weighted by molar-refractivity contribution is 5.92. The van der Waals surface area contributed by atoms with Gasteiger partial charge in [-0.05, 0) is 29.8 Å². The van der Waals surface area contributed by atoms with E-state index in [9.17, 15) is 9.59 Å². The summed E-state index contributed by atoms with van der Waals surface area (Å²) in [5.41, 5.74) is 2.30. The zero-order valence-corrected chi connectivity index (χ0v) is 17.2. The third-order valence-electron chi connectivity index (χ3n) is 5.74. The normalized spacial score (nSPS) is 17.3. The average Bonchev–Trinajstić information content (AvgIpc) is 2.77. The number of amides is 2. The van der Waals surface area contributed by atoms with E-state index >= 15 is 0 Å². The Morgan fingerprint density at radius 3 is 2.23 bits per heavy atom. The standard InChI is InChI=1S/C23H27N3O4/c1-29-22(27)19-9-7-18(8-10-19)15-26(20-5-3-2-4-6-20)23(28)25-13-11-24(12-14-25)21-16-30-17-21/h2-10,21H,11-17H2,1H3. The van der Waals surface area contributed by atoms with Crippen molar-refractivity contribution >= 4 is 17.7 Å². The predicted octanol–water partition coefficient (Wildman–Crippen LogP) is 2.62. The van der Waals surface area contributed by atoms with Gasteiger partial charge in [0.2, 0.25) is 0 Å². The molecule has 2 aromatic carbocycles. The number of hydrogen-bond acceptors (Lipinski definition) is 5. The van der Waals surface area contributed by atoms with Crippen molar-refractivity contribution in [3.8, 4) is 0 Å². The molecule has 2 fully saturated rings. The first-order valence-electron chi connectivity index (χ1n) is 10.3. The number of anilines is 1. The number of carbonyl (C=O) groups excluding carboxylic acids is 2. The lowest BCUT2D eigenvalue weighted by Crippen LogP contribution is -2.59. The second-order valence-electron chi connectivity index (χ2n) is 7.61. The van der Waals surface area contributed by atoms with Gasteiger partial charge in [-0.1, -0.05) is 30.3 Å². The van der Waals surface area contributed by atoms with Gasteiger partial charge in [0.1, 0.15) is 0 Å². The molecule has 4 rings (SSSR count). The fourth-order valence-corrected chi connectivity index (χ4v) is 3.81. The molecule has 2 saturated heterocycles. The smallest absolute Gasteiger partial charge is 0.337 e. The molecule has 2 aliphatic rings. The molecule has 2 aliphatic heterocycles. The lowest BCUT2D eigenvalue weighted by Gasteiger charge is -2.43. The number of carbonyl (C=O) groups is 2. The minimum absolute atomic E-state index is 0.00255. The van der Waals surface area contributed by atoms with Crippen LogP contribution < -0.4 is 4.90 Å². The summed E-state index contributed by atoms with van der Waals surface area (Å²) in [4.78, 5) is 31.2. The molecule has 0 aliphatic carbocycles. The fourth-order valence-electron chi connectivity index (χ4n) is 3.81. The molecule has 0 radical (unpaired) electrons. The van der Waals surface area contributed by atoms with E-state index in [0.29, 0.717) is 31.2 Å². The highest BCUT2D eigenvalue weighted by atomic mass is 16.5.